The van der Waals surface area contributed by atoms with Gasteiger partial charge in [0.05, 0.1) is 11.5 Å². The van der Waals surface area contributed by atoms with E-state index >= 15 is 0 Å². The highest BCUT2D eigenvalue weighted by Gasteiger charge is 2.55. The first-order valence-electron chi connectivity index (χ1n) is 7.63. The monoisotopic (exact) mass is 320 g/mol. The highest BCUT2D eigenvalue weighted by molar-refractivity contribution is 5.93. The van der Waals surface area contributed by atoms with Gasteiger partial charge in [-0.25, -0.2) is 0 Å². The number of carboxylic acid groups (broad SMARTS) is 1. The minimum absolute atomic E-state index is 0.0432. The molecule has 0 saturated carbocycles. The molecule has 0 bridgehead atoms. The van der Waals surface area contributed by atoms with Crippen molar-refractivity contribution in [3.8, 4) is 0 Å². The molecule has 1 N–H and O–H groups in total. The standard InChI is InChI=1S/C15H20N4O4/c1-17-12(20)9-10(14(22)23)15(17)4-7-19(8-5-15)13(21)11-3-6-16-18(11)2/h3,6,10H,4-5,7-9H2,1-2H3,(H,22,23)/t10-/m0/s1. The number of aliphatic carboxylic acids is 1. The summed E-state index contributed by atoms with van der Waals surface area (Å²) in [6.07, 6.45) is 2.58. The van der Waals surface area contributed by atoms with Crippen LogP contribution in [0.3, 0.4) is 0 Å². The molecule has 2 saturated heterocycles. The lowest BCUT2D eigenvalue weighted by molar-refractivity contribution is -0.145. The van der Waals surface area contributed by atoms with Gasteiger partial charge in [-0.1, -0.05) is 0 Å². The van der Waals surface area contributed by atoms with E-state index in [1.807, 2.05) is 0 Å². The maximum Gasteiger partial charge on any atom is 0.309 e. The van der Waals surface area contributed by atoms with Crippen LogP contribution in [0.4, 0.5) is 0 Å². The first-order valence-corrected chi connectivity index (χ1v) is 7.63. The Bertz CT molecular complexity index is 660. The van der Waals surface area contributed by atoms with Crippen LogP contribution in [0.1, 0.15) is 29.8 Å². The average Bonchev–Trinajstić information content (AvgIpc) is 3.05. The van der Waals surface area contributed by atoms with Crippen LogP contribution >= 0.6 is 0 Å². The van der Waals surface area contributed by atoms with E-state index in [1.165, 1.54) is 4.68 Å². The van der Waals surface area contributed by atoms with Crippen molar-refractivity contribution >= 4 is 17.8 Å². The number of amides is 2. The summed E-state index contributed by atoms with van der Waals surface area (Å²) in [5, 5.41) is 13.5. The Morgan fingerprint density at radius 3 is 2.48 bits per heavy atom. The second-order valence-electron chi connectivity index (χ2n) is 6.28. The molecular formula is C15H20N4O4. The summed E-state index contributed by atoms with van der Waals surface area (Å²) in [4.78, 5) is 39.3. The van der Waals surface area contributed by atoms with Crippen molar-refractivity contribution in [3.63, 3.8) is 0 Å². The van der Waals surface area contributed by atoms with Crippen molar-refractivity contribution < 1.29 is 19.5 Å². The molecule has 2 aliphatic heterocycles. The van der Waals surface area contributed by atoms with Gasteiger partial charge >= 0.3 is 5.97 Å². The fraction of sp³-hybridized carbons (Fsp3) is 0.600. The van der Waals surface area contributed by atoms with E-state index in [2.05, 4.69) is 5.10 Å². The van der Waals surface area contributed by atoms with Crippen LogP contribution in [0.15, 0.2) is 12.3 Å². The molecule has 2 aliphatic rings. The first kappa shape index (κ1) is 15.5. The number of carbonyl (C=O) groups excluding carboxylic acids is 2. The van der Waals surface area contributed by atoms with Gasteiger partial charge in [0.2, 0.25) is 5.91 Å². The number of hydrogen-bond donors (Lipinski definition) is 1. The Balaban J connectivity index is 1.77. The summed E-state index contributed by atoms with van der Waals surface area (Å²) in [6.45, 7) is 0.872. The third-order valence-corrected chi connectivity index (χ3v) is 5.32. The van der Waals surface area contributed by atoms with Crippen LogP contribution in [0.5, 0.6) is 0 Å². The van der Waals surface area contributed by atoms with Crippen LogP contribution in [0.25, 0.3) is 0 Å². The van der Waals surface area contributed by atoms with Crippen LogP contribution in [0.2, 0.25) is 0 Å². The van der Waals surface area contributed by atoms with Gasteiger partial charge in [0.1, 0.15) is 5.69 Å². The Hall–Kier alpha value is -2.38. The second-order valence-corrected chi connectivity index (χ2v) is 6.28. The van der Waals surface area contributed by atoms with Crippen molar-refractivity contribution in [2.24, 2.45) is 13.0 Å². The Morgan fingerprint density at radius 2 is 1.96 bits per heavy atom. The van der Waals surface area contributed by atoms with E-state index in [-0.39, 0.29) is 18.2 Å². The fourth-order valence-corrected chi connectivity index (χ4v) is 3.83. The number of rotatable bonds is 2. The number of hydrogen-bond acceptors (Lipinski definition) is 4. The number of piperidine rings is 1. The smallest absolute Gasteiger partial charge is 0.309 e. The van der Waals surface area contributed by atoms with E-state index in [1.54, 1.807) is 36.2 Å². The predicted octanol–water partition coefficient (Wildman–Crippen LogP) is -0.0422. The molecular weight excluding hydrogens is 300 g/mol. The van der Waals surface area contributed by atoms with Crippen LogP contribution in [-0.2, 0) is 16.6 Å². The highest BCUT2D eigenvalue weighted by atomic mass is 16.4. The third kappa shape index (κ3) is 2.29. The maximum atomic E-state index is 12.5. The summed E-state index contributed by atoms with van der Waals surface area (Å²) in [5.74, 6) is -1.88. The third-order valence-electron chi connectivity index (χ3n) is 5.32. The van der Waals surface area contributed by atoms with Crippen molar-refractivity contribution in [1.29, 1.82) is 0 Å². The van der Waals surface area contributed by atoms with Gasteiger partial charge in [-0.15, -0.1) is 0 Å². The van der Waals surface area contributed by atoms with Gasteiger partial charge in [0.25, 0.3) is 5.91 Å². The Labute approximate surface area is 133 Å². The molecule has 0 aromatic carbocycles. The van der Waals surface area contributed by atoms with Gasteiger partial charge in [-0.05, 0) is 18.9 Å². The number of carbonyl (C=O) groups is 3. The largest absolute Gasteiger partial charge is 0.481 e. The number of aromatic nitrogens is 2. The SMILES string of the molecule is CN1C(=O)C[C@@H](C(=O)O)C12CCN(C(=O)c1ccnn1C)CC2. The molecule has 0 unspecified atom stereocenters. The molecule has 3 rings (SSSR count). The van der Waals surface area contributed by atoms with Gasteiger partial charge in [0, 0.05) is 39.8 Å². The topological polar surface area (TPSA) is 95.7 Å². The lowest BCUT2D eigenvalue weighted by Crippen LogP contribution is -2.57. The van der Waals surface area contributed by atoms with Crippen molar-refractivity contribution in [2.75, 3.05) is 20.1 Å². The summed E-state index contributed by atoms with van der Waals surface area (Å²) >= 11 is 0. The normalized spacial score (nSPS) is 23.6. The molecule has 3 heterocycles. The van der Waals surface area contributed by atoms with Gasteiger partial charge in [-0.3, -0.25) is 19.1 Å². The Kier molecular flexibility index (Phi) is 3.62. The molecule has 8 heteroatoms. The molecule has 23 heavy (non-hydrogen) atoms. The summed E-state index contributed by atoms with van der Waals surface area (Å²) in [6, 6.07) is 1.66. The molecule has 8 nitrogen and oxygen atoms in total. The molecule has 1 aromatic rings. The summed E-state index contributed by atoms with van der Waals surface area (Å²) in [5.41, 5.74) is -0.168. The average molecular weight is 320 g/mol. The van der Waals surface area contributed by atoms with E-state index in [0.29, 0.717) is 31.6 Å². The zero-order valence-corrected chi connectivity index (χ0v) is 13.2. The molecule has 1 spiro atoms. The maximum absolute atomic E-state index is 12.5. The number of nitrogens with zero attached hydrogens (tertiary/aromatic N) is 4. The van der Waals surface area contributed by atoms with Crippen LogP contribution < -0.4 is 0 Å². The van der Waals surface area contributed by atoms with E-state index in [0.717, 1.165) is 0 Å². The fourth-order valence-electron chi connectivity index (χ4n) is 3.83. The van der Waals surface area contributed by atoms with Crippen molar-refractivity contribution in [1.82, 2.24) is 19.6 Å². The number of aryl methyl sites for hydroxylation is 1. The van der Waals surface area contributed by atoms with E-state index in [4.69, 9.17) is 0 Å². The minimum Gasteiger partial charge on any atom is -0.481 e. The first-order chi connectivity index (χ1) is 10.9. The molecule has 0 aliphatic carbocycles. The zero-order chi connectivity index (χ0) is 16.8. The van der Waals surface area contributed by atoms with Gasteiger partial charge in [0.15, 0.2) is 0 Å². The van der Waals surface area contributed by atoms with Crippen LogP contribution in [0, 0.1) is 5.92 Å². The molecule has 124 valence electrons. The van der Waals surface area contributed by atoms with Gasteiger partial charge in [-0.2, -0.15) is 5.10 Å². The van der Waals surface area contributed by atoms with Gasteiger partial charge < -0.3 is 14.9 Å². The second kappa shape index (κ2) is 5.36. The van der Waals surface area contributed by atoms with Crippen molar-refractivity contribution in [2.45, 2.75) is 24.8 Å². The number of carboxylic acids is 1. The minimum atomic E-state index is -0.936. The molecule has 0 radical (unpaired) electrons. The lowest BCUT2D eigenvalue weighted by Gasteiger charge is -2.45. The zero-order valence-electron chi connectivity index (χ0n) is 13.2. The molecule has 2 fully saturated rings. The number of likely N-dealkylation sites (tertiary alicyclic amines) is 2. The summed E-state index contributed by atoms with van der Waals surface area (Å²) < 4.78 is 1.53. The molecule has 1 aromatic heterocycles. The van der Waals surface area contributed by atoms with Crippen molar-refractivity contribution in [3.05, 3.63) is 18.0 Å². The summed E-state index contributed by atoms with van der Waals surface area (Å²) in [7, 11) is 3.38. The molecule has 1 atom stereocenters. The Morgan fingerprint density at radius 1 is 1.30 bits per heavy atom. The lowest BCUT2D eigenvalue weighted by atomic mass is 9.77. The van der Waals surface area contributed by atoms with E-state index < -0.39 is 17.4 Å². The highest BCUT2D eigenvalue weighted by Crippen LogP contribution is 2.42. The predicted molar refractivity (Wildman–Crippen MR) is 79.6 cm³/mol. The molecule has 2 amide bonds. The van der Waals surface area contributed by atoms with E-state index in [9.17, 15) is 19.5 Å². The quantitative estimate of drug-likeness (QED) is 0.825. The van der Waals surface area contributed by atoms with Crippen LogP contribution in [-0.4, -0.2) is 68.1 Å².